The Hall–Kier alpha value is -0.940. The Kier molecular flexibility index (Phi) is 4.02. The van der Waals surface area contributed by atoms with Crippen molar-refractivity contribution in [2.45, 2.75) is 27.3 Å². The number of aryl methyl sites for hydroxylation is 3. The SMILES string of the molecule is Cc1nc(C)c(CNc2cc(F)c(Br)cc2C)s1. The highest BCUT2D eigenvalue weighted by Crippen LogP contribution is 2.25. The monoisotopic (exact) mass is 328 g/mol. The van der Waals surface area contributed by atoms with Gasteiger partial charge in [0.05, 0.1) is 21.7 Å². The molecule has 1 heterocycles. The molecule has 0 aliphatic heterocycles. The van der Waals surface area contributed by atoms with Gasteiger partial charge in [-0.05, 0) is 54.4 Å². The average Bonchev–Trinajstić information content (AvgIpc) is 2.61. The number of benzene rings is 1. The summed E-state index contributed by atoms with van der Waals surface area (Å²) in [6.07, 6.45) is 0. The third kappa shape index (κ3) is 2.90. The lowest BCUT2D eigenvalue weighted by atomic mass is 10.2. The van der Waals surface area contributed by atoms with Crippen molar-refractivity contribution in [1.29, 1.82) is 0 Å². The number of hydrogen-bond acceptors (Lipinski definition) is 3. The number of aromatic nitrogens is 1. The van der Waals surface area contributed by atoms with Gasteiger partial charge in [0.15, 0.2) is 0 Å². The fourth-order valence-corrected chi connectivity index (χ4v) is 3.08. The van der Waals surface area contributed by atoms with Crippen molar-refractivity contribution in [2.75, 3.05) is 5.32 Å². The van der Waals surface area contributed by atoms with Gasteiger partial charge >= 0.3 is 0 Å². The molecular formula is C13H14BrFN2S. The third-order valence-electron chi connectivity index (χ3n) is 2.71. The van der Waals surface area contributed by atoms with Gasteiger partial charge in [0.1, 0.15) is 5.82 Å². The highest BCUT2D eigenvalue weighted by Gasteiger charge is 2.08. The van der Waals surface area contributed by atoms with Gasteiger partial charge in [0, 0.05) is 10.6 Å². The fraction of sp³-hybridized carbons (Fsp3) is 0.308. The van der Waals surface area contributed by atoms with Crippen LogP contribution in [0.5, 0.6) is 0 Å². The zero-order chi connectivity index (χ0) is 13.3. The van der Waals surface area contributed by atoms with Crippen LogP contribution in [-0.4, -0.2) is 4.98 Å². The predicted octanol–water partition coefficient (Wildman–Crippen LogP) is 4.58. The minimum atomic E-state index is -0.250. The molecule has 96 valence electrons. The second-order valence-corrected chi connectivity index (χ2v) is 6.32. The van der Waals surface area contributed by atoms with Gasteiger partial charge in [-0.3, -0.25) is 0 Å². The predicted molar refractivity (Wildman–Crippen MR) is 77.8 cm³/mol. The quantitative estimate of drug-likeness (QED) is 0.891. The highest BCUT2D eigenvalue weighted by molar-refractivity contribution is 9.10. The topological polar surface area (TPSA) is 24.9 Å². The molecule has 0 unspecified atom stereocenters. The summed E-state index contributed by atoms with van der Waals surface area (Å²) < 4.78 is 14.0. The normalized spacial score (nSPS) is 10.7. The number of hydrogen-bond donors (Lipinski definition) is 1. The first-order valence-corrected chi connectivity index (χ1v) is 7.20. The Bertz CT molecular complexity index is 581. The van der Waals surface area contributed by atoms with Crippen LogP contribution < -0.4 is 5.32 Å². The lowest BCUT2D eigenvalue weighted by molar-refractivity contribution is 0.621. The second kappa shape index (κ2) is 5.36. The molecule has 1 aromatic carbocycles. The molecule has 0 saturated heterocycles. The fourth-order valence-electron chi connectivity index (χ4n) is 1.75. The van der Waals surface area contributed by atoms with Gasteiger partial charge in [-0.2, -0.15) is 0 Å². The maximum absolute atomic E-state index is 13.5. The van der Waals surface area contributed by atoms with E-state index in [1.54, 1.807) is 17.4 Å². The molecule has 5 heteroatoms. The number of anilines is 1. The molecule has 0 amide bonds. The van der Waals surface area contributed by atoms with E-state index in [1.165, 1.54) is 10.9 Å². The van der Waals surface area contributed by atoms with Gasteiger partial charge in [-0.15, -0.1) is 11.3 Å². The molecule has 0 fully saturated rings. The summed E-state index contributed by atoms with van der Waals surface area (Å²) in [5, 5.41) is 4.32. The summed E-state index contributed by atoms with van der Waals surface area (Å²) >= 11 is 4.85. The van der Waals surface area contributed by atoms with Crippen LogP contribution in [0.4, 0.5) is 10.1 Å². The second-order valence-electron chi connectivity index (χ2n) is 4.18. The molecule has 1 N–H and O–H groups in total. The van der Waals surface area contributed by atoms with E-state index in [1.807, 2.05) is 20.8 Å². The van der Waals surface area contributed by atoms with Gasteiger partial charge < -0.3 is 5.32 Å². The molecule has 0 bridgehead atoms. The summed E-state index contributed by atoms with van der Waals surface area (Å²) in [6, 6.07) is 3.30. The van der Waals surface area contributed by atoms with E-state index in [0.29, 0.717) is 11.0 Å². The molecule has 2 rings (SSSR count). The van der Waals surface area contributed by atoms with Gasteiger partial charge in [0.25, 0.3) is 0 Å². The Balaban J connectivity index is 2.15. The smallest absolute Gasteiger partial charge is 0.139 e. The zero-order valence-corrected chi connectivity index (χ0v) is 12.9. The van der Waals surface area contributed by atoms with E-state index in [9.17, 15) is 4.39 Å². The van der Waals surface area contributed by atoms with Crippen molar-refractivity contribution >= 4 is 33.0 Å². The maximum Gasteiger partial charge on any atom is 0.139 e. The van der Waals surface area contributed by atoms with Crippen LogP contribution in [-0.2, 0) is 6.54 Å². The summed E-state index contributed by atoms with van der Waals surface area (Å²) in [6.45, 7) is 6.62. The summed E-state index contributed by atoms with van der Waals surface area (Å²) in [5.41, 5.74) is 2.88. The molecule has 2 nitrogen and oxygen atoms in total. The van der Waals surface area contributed by atoms with Crippen LogP contribution in [0.3, 0.4) is 0 Å². The summed E-state index contributed by atoms with van der Waals surface area (Å²) in [4.78, 5) is 5.56. The number of nitrogens with one attached hydrogen (secondary N) is 1. The van der Waals surface area contributed by atoms with Crippen molar-refractivity contribution < 1.29 is 4.39 Å². The van der Waals surface area contributed by atoms with Crippen LogP contribution in [0.15, 0.2) is 16.6 Å². The first-order chi connectivity index (χ1) is 8.47. The van der Waals surface area contributed by atoms with Crippen LogP contribution in [0.1, 0.15) is 21.1 Å². The Morgan fingerprint density at radius 2 is 2.06 bits per heavy atom. The highest BCUT2D eigenvalue weighted by atomic mass is 79.9. The molecular weight excluding hydrogens is 315 g/mol. The maximum atomic E-state index is 13.5. The number of halogens is 2. The van der Waals surface area contributed by atoms with Crippen molar-refractivity contribution in [2.24, 2.45) is 0 Å². The molecule has 2 aromatic rings. The Labute approximate surface area is 118 Å². The molecule has 18 heavy (non-hydrogen) atoms. The van der Waals surface area contributed by atoms with E-state index < -0.39 is 0 Å². The van der Waals surface area contributed by atoms with Crippen molar-refractivity contribution in [3.63, 3.8) is 0 Å². The first kappa shape index (κ1) is 13.5. The molecule has 0 aliphatic carbocycles. The van der Waals surface area contributed by atoms with E-state index in [4.69, 9.17) is 0 Å². The van der Waals surface area contributed by atoms with E-state index in [-0.39, 0.29) is 5.82 Å². The molecule has 0 radical (unpaired) electrons. The van der Waals surface area contributed by atoms with E-state index >= 15 is 0 Å². The number of thiazole rings is 1. The lowest BCUT2D eigenvalue weighted by Crippen LogP contribution is -2.01. The van der Waals surface area contributed by atoms with Gasteiger partial charge in [-0.1, -0.05) is 0 Å². The molecule has 0 aliphatic rings. The van der Waals surface area contributed by atoms with Crippen molar-refractivity contribution in [1.82, 2.24) is 4.98 Å². The van der Waals surface area contributed by atoms with Crippen LogP contribution in [0.25, 0.3) is 0 Å². The van der Waals surface area contributed by atoms with Gasteiger partial charge in [-0.25, -0.2) is 9.37 Å². The molecule has 0 spiro atoms. The van der Waals surface area contributed by atoms with Crippen LogP contribution in [0, 0.1) is 26.6 Å². The summed E-state index contributed by atoms with van der Waals surface area (Å²) in [7, 11) is 0. The number of nitrogens with zero attached hydrogens (tertiary/aromatic N) is 1. The standard InChI is InChI=1S/C13H14BrFN2S/c1-7-4-10(14)11(15)5-12(7)16-6-13-8(2)17-9(3)18-13/h4-5,16H,6H2,1-3H3. The molecule has 0 saturated carbocycles. The van der Waals surface area contributed by atoms with Crippen molar-refractivity contribution in [3.8, 4) is 0 Å². The van der Waals surface area contributed by atoms with Crippen molar-refractivity contribution in [3.05, 3.63) is 43.6 Å². The average molecular weight is 329 g/mol. The molecule has 1 aromatic heterocycles. The van der Waals surface area contributed by atoms with Crippen LogP contribution >= 0.6 is 27.3 Å². The van der Waals surface area contributed by atoms with E-state index in [2.05, 4.69) is 26.2 Å². The van der Waals surface area contributed by atoms with Gasteiger partial charge in [0.2, 0.25) is 0 Å². The summed E-state index contributed by atoms with van der Waals surface area (Å²) in [5.74, 6) is -0.250. The Morgan fingerprint density at radius 1 is 1.33 bits per heavy atom. The van der Waals surface area contributed by atoms with Crippen LogP contribution in [0.2, 0.25) is 0 Å². The third-order valence-corrected chi connectivity index (χ3v) is 4.39. The van der Waals surface area contributed by atoms with E-state index in [0.717, 1.165) is 22.0 Å². The Morgan fingerprint density at radius 3 is 2.67 bits per heavy atom. The first-order valence-electron chi connectivity index (χ1n) is 5.60. The number of rotatable bonds is 3. The minimum absolute atomic E-state index is 0.250. The lowest BCUT2D eigenvalue weighted by Gasteiger charge is -2.10. The molecule has 0 atom stereocenters. The largest absolute Gasteiger partial charge is 0.380 e. The zero-order valence-electron chi connectivity index (χ0n) is 10.5. The minimum Gasteiger partial charge on any atom is -0.380 e.